The summed E-state index contributed by atoms with van der Waals surface area (Å²) >= 11 is 0. The minimum absolute atomic E-state index is 0.0338. The highest BCUT2D eigenvalue weighted by atomic mass is 32.2. The number of likely N-dealkylation sites (N-methyl/N-ethyl adjacent to an activating group) is 1. The van der Waals surface area contributed by atoms with Crippen LogP contribution >= 0.6 is 0 Å². The standard InChI is InChI=1S/C10H23N3O2S/c1-9-8-12(3)5-4-6-13(9)16(14,15)10(2)7-11/h9-10H,4-8,11H2,1-3H3. The molecule has 0 aromatic heterocycles. The first kappa shape index (κ1) is 13.9. The van der Waals surface area contributed by atoms with E-state index in [0.717, 1.165) is 19.5 Å². The molecule has 5 nitrogen and oxygen atoms in total. The Morgan fingerprint density at radius 2 is 2.06 bits per heavy atom. The molecule has 1 heterocycles. The molecule has 1 aliphatic rings. The third-order valence-electron chi connectivity index (χ3n) is 3.15. The number of nitrogens with zero attached hydrogens (tertiary/aromatic N) is 2. The maximum Gasteiger partial charge on any atom is 0.218 e. The molecule has 2 unspecified atom stereocenters. The summed E-state index contributed by atoms with van der Waals surface area (Å²) in [5, 5.41) is -0.488. The van der Waals surface area contributed by atoms with Gasteiger partial charge in [0.1, 0.15) is 0 Å². The topological polar surface area (TPSA) is 66.6 Å². The highest BCUT2D eigenvalue weighted by molar-refractivity contribution is 7.89. The predicted octanol–water partition coefficient (Wildman–Crippen LogP) is -0.311. The first-order valence-electron chi connectivity index (χ1n) is 5.79. The normalized spacial score (nSPS) is 27.6. The first-order chi connectivity index (χ1) is 7.39. The number of hydrogen-bond donors (Lipinski definition) is 1. The van der Waals surface area contributed by atoms with E-state index >= 15 is 0 Å². The molecule has 0 bridgehead atoms. The van der Waals surface area contributed by atoms with Crippen molar-refractivity contribution in [3.63, 3.8) is 0 Å². The molecule has 2 N–H and O–H groups in total. The van der Waals surface area contributed by atoms with Gasteiger partial charge in [0.25, 0.3) is 0 Å². The van der Waals surface area contributed by atoms with E-state index in [9.17, 15) is 8.42 Å². The van der Waals surface area contributed by atoms with Gasteiger partial charge in [0, 0.05) is 25.7 Å². The van der Waals surface area contributed by atoms with Gasteiger partial charge in [0.15, 0.2) is 0 Å². The number of hydrogen-bond acceptors (Lipinski definition) is 4. The third-order valence-corrected chi connectivity index (χ3v) is 5.56. The average Bonchev–Trinajstić information content (AvgIpc) is 2.38. The van der Waals surface area contributed by atoms with Crippen LogP contribution in [0.15, 0.2) is 0 Å². The van der Waals surface area contributed by atoms with E-state index in [4.69, 9.17) is 5.73 Å². The predicted molar refractivity (Wildman–Crippen MR) is 65.7 cm³/mol. The van der Waals surface area contributed by atoms with Gasteiger partial charge in [-0.2, -0.15) is 4.31 Å². The van der Waals surface area contributed by atoms with E-state index in [-0.39, 0.29) is 12.6 Å². The van der Waals surface area contributed by atoms with Crippen molar-refractivity contribution >= 4 is 10.0 Å². The fourth-order valence-corrected chi connectivity index (χ4v) is 3.74. The van der Waals surface area contributed by atoms with E-state index in [1.54, 1.807) is 11.2 Å². The van der Waals surface area contributed by atoms with E-state index in [1.807, 2.05) is 14.0 Å². The molecular formula is C10H23N3O2S. The largest absolute Gasteiger partial charge is 0.329 e. The Kier molecular flexibility index (Phi) is 4.73. The summed E-state index contributed by atoms with van der Waals surface area (Å²) in [7, 11) is -1.20. The fourth-order valence-electron chi connectivity index (χ4n) is 2.08. The lowest BCUT2D eigenvalue weighted by molar-refractivity contribution is 0.289. The zero-order valence-corrected chi connectivity index (χ0v) is 11.2. The Labute approximate surface area is 98.6 Å². The fraction of sp³-hybridized carbons (Fsp3) is 1.00. The minimum Gasteiger partial charge on any atom is -0.329 e. The van der Waals surface area contributed by atoms with Crippen molar-refractivity contribution in [1.82, 2.24) is 9.21 Å². The summed E-state index contributed by atoms with van der Waals surface area (Å²) in [5.41, 5.74) is 5.46. The molecule has 96 valence electrons. The molecule has 0 spiro atoms. The lowest BCUT2D eigenvalue weighted by Crippen LogP contribution is -2.47. The van der Waals surface area contributed by atoms with Crippen molar-refractivity contribution in [2.24, 2.45) is 5.73 Å². The van der Waals surface area contributed by atoms with Gasteiger partial charge in [-0.3, -0.25) is 0 Å². The molecular weight excluding hydrogens is 226 g/mol. The zero-order chi connectivity index (χ0) is 12.3. The van der Waals surface area contributed by atoms with Crippen LogP contribution in [-0.2, 0) is 10.0 Å². The highest BCUT2D eigenvalue weighted by Gasteiger charge is 2.33. The molecule has 0 radical (unpaired) electrons. The second-order valence-electron chi connectivity index (χ2n) is 4.67. The van der Waals surface area contributed by atoms with Crippen LogP contribution in [0.4, 0.5) is 0 Å². The molecule has 0 aromatic rings. The van der Waals surface area contributed by atoms with Crippen LogP contribution in [0.1, 0.15) is 20.3 Å². The van der Waals surface area contributed by atoms with E-state index in [2.05, 4.69) is 4.90 Å². The zero-order valence-electron chi connectivity index (χ0n) is 10.4. The van der Waals surface area contributed by atoms with Gasteiger partial charge in [-0.05, 0) is 33.9 Å². The maximum atomic E-state index is 12.2. The SMILES string of the molecule is CC1CN(C)CCCN1S(=O)(=O)C(C)CN. The van der Waals surface area contributed by atoms with Crippen LogP contribution in [0.25, 0.3) is 0 Å². The number of sulfonamides is 1. The Morgan fingerprint density at radius 3 is 2.62 bits per heavy atom. The smallest absolute Gasteiger partial charge is 0.218 e. The Morgan fingerprint density at radius 1 is 1.44 bits per heavy atom. The molecule has 0 amide bonds. The van der Waals surface area contributed by atoms with Crippen molar-refractivity contribution in [3.05, 3.63) is 0 Å². The first-order valence-corrected chi connectivity index (χ1v) is 7.29. The van der Waals surface area contributed by atoms with Crippen molar-refractivity contribution in [3.8, 4) is 0 Å². The molecule has 2 atom stereocenters. The quantitative estimate of drug-likeness (QED) is 0.745. The minimum atomic E-state index is -3.23. The molecule has 1 saturated heterocycles. The highest BCUT2D eigenvalue weighted by Crippen LogP contribution is 2.16. The van der Waals surface area contributed by atoms with Crippen molar-refractivity contribution < 1.29 is 8.42 Å². The van der Waals surface area contributed by atoms with Crippen LogP contribution in [0.2, 0.25) is 0 Å². The molecule has 16 heavy (non-hydrogen) atoms. The van der Waals surface area contributed by atoms with Gasteiger partial charge in [0.2, 0.25) is 10.0 Å². The van der Waals surface area contributed by atoms with E-state index < -0.39 is 15.3 Å². The van der Waals surface area contributed by atoms with Crippen LogP contribution in [0.5, 0.6) is 0 Å². The lowest BCUT2D eigenvalue weighted by atomic mass is 10.3. The molecule has 1 fully saturated rings. The van der Waals surface area contributed by atoms with Crippen LogP contribution in [0, 0.1) is 0 Å². The summed E-state index contributed by atoms with van der Waals surface area (Å²) < 4.78 is 26.0. The monoisotopic (exact) mass is 249 g/mol. The molecule has 1 rings (SSSR count). The summed E-state index contributed by atoms with van der Waals surface area (Å²) in [6.07, 6.45) is 0.886. The van der Waals surface area contributed by atoms with Gasteiger partial charge in [-0.25, -0.2) is 8.42 Å². The van der Waals surface area contributed by atoms with Crippen molar-refractivity contribution in [1.29, 1.82) is 0 Å². The van der Waals surface area contributed by atoms with E-state index in [1.165, 1.54) is 0 Å². The van der Waals surface area contributed by atoms with Gasteiger partial charge in [0.05, 0.1) is 5.25 Å². The maximum absolute atomic E-state index is 12.2. The molecule has 0 aromatic carbocycles. The molecule has 6 heteroatoms. The molecule has 0 aliphatic carbocycles. The lowest BCUT2D eigenvalue weighted by Gasteiger charge is -2.29. The van der Waals surface area contributed by atoms with Crippen molar-refractivity contribution in [2.45, 2.75) is 31.6 Å². The summed E-state index contributed by atoms with van der Waals surface area (Å²) in [6.45, 7) is 6.17. The number of nitrogens with two attached hydrogens (primary N) is 1. The summed E-state index contributed by atoms with van der Waals surface area (Å²) in [6, 6.07) is 0.0338. The van der Waals surface area contributed by atoms with Gasteiger partial charge in [-0.1, -0.05) is 0 Å². The van der Waals surface area contributed by atoms with Crippen LogP contribution in [0.3, 0.4) is 0 Å². The van der Waals surface area contributed by atoms with Gasteiger partial charge < -0.3 is 10.6 Å². The Balaban J connectivity index is 2.85. The summed E-state index contributed by atoms with van der Waals surface area (Å²) in [5.74, 6) is 0. The summed E-state index contributed by atoms with van der Waals surface area (Å²) in [4.78, 5) is 2.17. The average molecular weight is 249 g/mol. The third kappa shape index (κ3) is 2.94. The second-order valence-corrected chi connectivity index (χ2v) is 6.97. The van der Waals surface area contributed by atoms with Crippen LogP contribution < -0.4 is 5.73 Å². The van der Waals surface area contributed by atoms with E-state index in [0.29, 0.717) is 6.54 Å². The second kappa shape index (κ2) is 5.44. The Bertz CT molecular complexity index is 318. The van der Waals surface area contributed by atoms with Crippen LogP contribution in [-0.4, -0.2) is 62.1 Å². The van der Waals surface area contributed by atoms with Gasteiger partial charge >= 0.3 is 0 Å². The number of rotatable bonds is 3. The molecule has 1 aliphatic heterocycles. The molecule has 0 saturated carbocycles. The Hall–Kier alpha value is -0.170. The van der Waals surface area contributed by atoms with Gasteiger partial charge in [-0.15, -0.1) is 0 Å². The van der Waals surface area contributed by atoms with Crippen molar-refractivity contribution in [2.75, 3.05) is 33.2 Å².